The van der Waals surface area contributed by atoms with Gasteiger partial charge in [0, 0.05) is 40.0 Å². The Morgan fingerprint density at radius 3 is 2.80 bits per heavy atom. The van der Waals surface area contributed by atoms with E-state index in [0.717, 1.165) is 38.6 Å². The first kappa shape index (κ1) is 15.5. The summed E-state index contributed by atoms with van der Waals surface area (Å²) in [7, 11) is 0. The van der Waals surface area contributed by atoms with Crippen LogP contribution < -0.4 is 0 Å². The Balaban J connectivity index is 1.93. The summed E-state index contributed by atoms with van der Waals surface area (Å²) in [6.07, 6.45) is 2.31. The molecule has 1 N–H and O–H groups in total. The van der Waals surface area contributed by atoms with E-state index >= 15 is 0 Å². The summed E-state index contributed by atoms with van der Waals surface area (Å²) in [6, 6.07) is 12.4. The molecule has 0 fully saturated rings. The molecule has 0 aliphatic carbocycles. The predicted octanol–water partition coefficient (Wildman–Crippen LogP) is 5.42. The Kier molecular flexibility index (Phi) is 3.61. The van der Waals surface area contributed by atoms with Crippen molar-refractivity contribution in [1.82, 2.24) is 9.97 Å². The van der Waals surface area contributed by atoms with Crippen molar-refractivity contribution in [2.75, 3.05) is 0 Å². The highest BCUT2D eigenvalue weighted by molar-refractivity contribution is 6.07. The topological polar surface area (TPSA) is 45.8 Å². The molecule has 0 aliphatic rings. The molecule has 0 bridgehead atoms. The van der Waals surface area contributed by atoms with E-state index in [1.807, 2.05) is 50.4 Å². The number of Topliss-reactive ketones (excluding diaryl/α,β-unsaturated/α-hetero) is 1. The Bertz CT molecular complexity index is 1130. The molecule has 0 spiro atoms. The molecule has 4 aromatic rings. The smallest absolute Gasteiger partial charge is 0.163 e. The Morgan fingerprint density at radius 1 is 1.16 bits per heavy atom. The maximum atomic E-state index is 13.8. The van der Waals surface area contributed by atoms with Crippen LogP contribution in [0.2, 0.25) is 0 Å². The van der Waals surface area contributed by atoms with Crippen molar-refractivity contribution in [3.05, 3.63) is 65.6 Å². The molecule has 0 unspecified atom stereocenters. The van der Waals surface area contributed by atoms with E-state index in [0.29, 0.717) is 12.0 Å². The third kappa shape index (κ3) is 2.50. The van der Waals surface area contributed by atoms with Crippen molar-refractivity contribution in [2.24, 2.45) is 0 Å². The normalized spacial score (nSPS) is 11.3. The molecule has 4 rings (SSSR count). The lowest BCUT2D eigenvalue weighted by Gasteiger charge is -2.06. The van der Waals surface area contributed by atoms with E-state index in [1.54, 1.807) is 0 Å². The summed E-state index contributed by atoms with van der Waals surface area (Å²) >= 11 is 0. The molecule has 124 valence electrons. The molecule has 25 heavy (non-hydrogen) atoms. The first-order valence-electron chi connectivity index (χ1n) is 8.29. The number of halogens is 1. The maximum Gasteiger partial charge on any atom is 0.163 e. The van der Waals surface area contributed by atoms with Gasteiger partial charge in [-0.1, -0.05) is 19.1 Å². The first-order chi connectivity index (χ1) is 12.1. The third-order valence-electron chi connectivity index (χ3n) is 4.58. The van der Waals surface area contributed by atoms with Crippen LogP contribution in [0.3, 0.4) is 0 Å². The Morgan fingerprint density at radius 2 is 2.00 bits per heavy atom. The van der Waals surface area contributed by atoms with Gasteiger partial charge in [0.05, 0.1) is 11.2 Å². The van der Waals surface area contributed by atoms with Crippen LogP contribution in [0.15, 0.2) is 48.7 Å². The van der Waals surface area contributed by atoms with Gasteiger partial charge < -0.3 is 4.98 Å². The van der Waals surface area contributed by atoms with Gasteiger partial charge in [0.1, 0.15) is 5.82 Å². The number of aromatic amines is 1. The SMILES string of the molecule is CCC(=O)c1cccc2nc(-c3c[nH]c4c(C)cc(F)cc34)ccc12. The van der Waals surface area contributed by atoms with Crippen LogP contribution >= 0.6 is 0 Å². The lowest BCUT2D eigenvalue weighted by molar-refractivity contribution is 0.0989. The second-order valence-electron chi connectivity index (χ2n) is 6.19. The number of benzene rings is 2. The van der Waals surface area contributed by atoms with Gasteiger partial charge in [-0.2, -0.15) is 0 Å². The van der Waals surface area contributed by atoms with Gasteiger partial charge >= 0.3 is 0 Å². The van der Waals surface area contributed by atoms with Gasteiger partial charge in [-0.05, 0) is 42.8 Å². The van der Waals surface area contributed by atoms with Crippen molar-refractivity contribution < 1.29 is 9.18 Å². The number of nitrogens with one attached hydrogen (secondary N) is 1. The zero-order valence-corrected chi connectivity index (χ0v) is 14.1. The fourth-order valence-electron chi connectivity index (χ4n) is 3.32. The number of H-pyrrole nitrogens is 1. The van der Waals surface area contributed by atoms with Crippen molar-refractivity contribution in [1.29, 1.82) is 0 Å². The summed E-state index contributed by atoms with van der Waals surface area (Å²) in [6.45, 7) is 3.73. The van der Waals surface area contributed by atoms with E-state index < -0.39 is 0 Å². The zero-order valence-electron chi connectivity index (χ0n) is 14.1. The van der Waals surface area contributed by atoms with E-state index in [-0.39, 0.29) is 11.6 Å². The number of hydrogen-bond donors (Lipinski definition) is 1. The van der Waals surface area contributed by atoms with Gasteiger partial charge in [-0.3, -0.25) is 4.79 Å². The van der Waals surface area contributed by atoms with Crippen LogP contribution in [0.25, 0.3) is 33.1 Å². The number of hydrogen-bond acceptors (Lipinski definition) is 2. The maximum absolute atomic E-state index is 13.8. The molecule has 0 radical (unpaired) electrons. The van der Waals surface area contributed by atoms with E-state index in [2.05, 4.69) is 4.98 Å². The Hall–Kier alpha value is -3.01. The van der Waals surface area contributed by atoms with E-state index in [4.69, 9.17) is 4.98 Å². The first-order valence-corrected chi connectivity index (χ1v) is 8.29. The lowest BCUT2D eigenvalue weighted by Crippen LogP contribution is -1.98. The minimum absolute atomic E-state index is 0.102. The van der Waals surface area contributed by atoms with Gasteiger partial charge in [-0.25, -0.2) is 9.37 Å². The Labute approximate surface area is 144 Å². The molecule has 3 nitrogen and oxygen atoms in total. The van der Waals surface area contributed by atoms with Crippen molar-refractivity contribution in [3.8, 4) is 11.3 Å². The number of ketones is 1. The van der Waals surface area contributed by atoms with Crippen LogP contribution in [0.5, 0.6) is 0 Å². The minimum Gasteiger partial charge on any atom is -0.360 e. The van der Waals surface area contributed by atoms with Gasteiger partial charge in [-0.15, -0.1) is 0 Å². The highest BCUT2D eigenvalue weighted by Gasteiger charge is 2.13. The van der Waals surface area contributed by atoms with Crippen LogP contribution in [-0.4, -0.2) is 15.8 Å². The number of pyridine rings is 1. The molecule has 0 atom stereocenters. The molecule has 0 saturated heterocycles. The van der Waals surface area contributed by atoms with Crippen molar-refractivity contribution in [3.63, 3.8) is 0 Å². The number of rotatable bonds is 3. The van der Waals surface area contributed by atoms with Crippen LogP contribution in [0, 0.1) is 12.7 Å². The largest absolute Gasteiger partial charge is 0.360 e. The number of nitrogens with zero attached hydrogens (tertiary/aromatic N) is 1. The standard InChI is InChI=1S/C21H17FN2O/c1-3-20(25)15-5-4-6-18-14(15)7-8-19(24-18)17-11-23-21-12(2)9-13(22)10-16(17)21/h4-11,23H,3H2,1-2H3. The van der Waals surface area contributed by atoms with E-state index in [9.17, 15) is 9.18 Å². The number of carbonyl (C=O) groups excluding carboxylic acids is 1. The molecular formula is C21H17FN2O. The summed E-state index contributed by atoms with van der Waals surface area (Å²) in [4.78, 5) is 20.0. The average Bonchev–Trinajstić information content (AvgIpc) is 3.04. The average molecular weight is 332 g/mol. The quantitative estimate of drug-likeness (QED) is 0.509. The molecule has 2 aromatic carbocycles. The lowest BCUT2D eigenvalue weighted by atomic mass is 10.0. The number of aryl methyl sites for hydroxylation is 1. The summed E-state index contributed by atoms with van der Waals surface area (Å²) in [5, 5.41) is 1.66. The highest BCUT2D eigenvalue weighted by Crippen LogP contribution is 2.31. The number of carbonyl (C=O) groups is 1. The minimum atomic E-state index is -0.262. The van der Waals surface area contributed by atoms with Gasteiger partial charge in [0.2, 0.25) is 0 Å². The number of fused-ring (bicyclic) bond motifs is 2. The fourth-order valence-corrected chi connectivity index (χ4v) is 3.32. The molecular weight excluding hydrogens is 315 g/mol. The molecule has 0 amide bonds. The number of aromatic nitrogens is 2. The summed E-state index contributed by atoms with van der Waals surface area (Å²) in [5.41, 5.74) is 4.83. The monoisotopic (exact) mass is 332 g/mol. The van der Waals surface area contributed by atoms with Crippen LogP contribution in [0.4, 0.5) is 4.39 Å². The zero-order chi connectivity index (χ0) is 17.6. The molecule has 0 saturated carbocycles. The summed E-state index contributed by atoms with van der Waals surface area (Å²) in [5.74, 6) is -0.160. The van der Waals surface area contributed by atoms with Crippen LogP contribution in [0.1, 0.15) is 29.3 Å². The second kappa shape index (κ2) is 5.81. The molecule has 2 aromatic heterocycles. The van der Waals surface area contributed by atoms with Crippen molar-refractivity contribution >= 4 is 27.6 Å². The fraction of sp³-hybridized carbons (Fsp3) is 0.143. The molecule has 2 heterocycles. The van der Waals surface area contributed by atoms with Crippen LogP contribution in [-0.2, 0) is 0 Å². The highest BCUT2D eigenvalue weighted by atomic mass is 19.1. The van der Waals surface area contributed by atoms with Gasteiger partial charge in [0.15, 0.2) is 5.78 Å². The third-order valence-corrected chi connectivity index (χ3v) is 4.58. The van der Waals surface area contributed by atoms with Crippen molar-refractivity contribution in [2.45, 2.75) is 20.3 Å². The molecule has 4 heteroatoms. The van der Waals surface area contributed by atoms with Gasteiger partial charge in [0.25, 0.3) is 0 Å². The molecule has 0 aliphatic heterocycles. The predicted molar refractivity (Wildman–Crippen MR) is 98.4 cm³/mol. The summed E-state index contributed by atoms with van der Waals surface area (Å²) < 4.78 is 13.8. The van der Waals surface area contributed by atoms with E-state index in [1.165, 1.54) is 12.1 Å². The second-order valence-corrected chi connectivity index (χ2v) is 6.19.